The lowest BCUT2D eigenvalue weighted by molar-refractivity contribution is -0.152. The Morgan fingerprint density at radius 2 is 0.720 bits per heavy atom. The molecule has 0 aliphatic rings. The van der Waals surface area contributed by atoms with E-state index in [1.54, 1.807) is 0 Å². The summed E-state index contributed by atoms with van der Waals surface area (Å²) in [5.74, 6) is 1.32. The second-order valence-corrected chi connectivity index (χ2v) is 17.1. The van der Waals surface area contributed by atoms with E-state index in [1.165, 1.54) is 141 Å². The zero-order valence-corrected chi connectivity index (χ0v) is 34.6. The Morgan fingerprint density at radius 1 is 0.440 bits per heavy atom. The average Bonchev–Trinajstić information content (AvgIpc) is 3.12. The fourth-order valence-electron chi connectivity index (χ4n) is 6.52. The number of hydrogen-bond acceptors (Lipinski definition) is 8. The first-order chi connectivity index (χ1) is 24.6. The minimum Gasteiger partial charge on any atom is -0.462 e. The molecule has 2 N–H and O–H groups in total. The van der Waals surface area contributed by atoms with Gasteiger partial charge in [-0.2, -0.15) is 23.5 Å². The number of unbranched alkanes of at least 4 members (excludes halogenated alkanes) is 20. The predicted octanol–water partition coefficient (Wildman–Crippen LogP) is 12.0. The third kappa shape index (κ3) is 37.3. The van der Waals surface area contributed by atoms with Gasteiger partial charge in [0, 0.05) is 34.8 Å². The van der Waals surface area contributed by atoms with Crippen LogP contribution in [0.1, 0.15) is 206 Å². The average molecular weight is 747 g/mol. The Hall–Kier alpha value is -0.440. The lowest BCUT2D eigenvalue weighted by atomic mass is 10.0. The summed E-state index contributed by atoms with van der Waals surface area (Å²) in [6.07, 6.45) is 35.6. The Balaban J connectivity index is 3.66. The van der Waals surface area contributed by atoms with Gasteiger partial charge in [0.25, 0.3) is 0 Å². The minimum atomic E-state index is -0.194. The molecule has 0 amide bonds. The molecule has 0 aliphatic heterocycles. The Morgan fingerprint density at radius 3 is 1.02 bits per heavy atom. The van der Waals surface area contributed by atoms with Gasteiger partial charge in [0.1, 0.15) is 13.2 Å². The Bertz CT molecular complexity index is 652. The van der Waals surface area contributed by atoms with Crippen LogP contribution in [0.25, 0.3) is 0 Å². The molecule has 0 heterocycles. The highest BCUT2D eigenvalue weighted by Gasteiger charge is 2.11. The van der Waals surface area contributed by atoms with E-state index in [0.29, 0.717) is 23.3 Å². The lowest BCUT2D eigenvalue weighted by Crippen LogP contribution is -2.13. The van der Waals surface area contributed by atoms with Crippen LogP contribution in [0, 0.1) is 0 Å². The monoisotopic (exact) mass is 747 g/mol. The van der Waals surface area contributed by atoms with Crippen molar-refractivity contribution in [2.75, 3.05) is 37.9 Å². The highest BCUT2D eigenvalue weighted by molar-refractivity contribution is 8.00. The molecular weight excluding hydrogens is 665 g/mol. The van der Waals surface area contributed by atoms with Gasteiger partial charge in [0.05, 0.1) is 13.2 Å². The van der Waals surface area contributed by atoms with Crippen LogP contribution < -0.4 is 0 Å². The van der Waals surface area contributed by atoms with Gasteiger partial charge in [-0.1, -0.05) is 155 Å². The summed E-state index contributed by atoms with van der Waals surface area (Å²) in [4.78, 5) is 24.1. The van der Waals surface area contributed by atoms with Crippen LogP contribution in [0.3, 0.4) is 0 Å². The van der Waals surface area contributed by atoms with Crippen molar-refractivity contribution in [2.24, 2.45) is 0 Å². The van der Waals surface area contributed by atoms with Crippen LogP contribution >= 0.6 is 23.5 Å². The van der Waals surface area contributed by atoms with E-state index in [0.717, 1.165) is 50.0 Å². The molecule has 8 heteroatoms. The molecule has 2 unspecified atom stereocenters. The number of thioether (sulfide) groups is 2. The van der Waals surface area contributed by atoms with Crippen molar-refractivity contribution in [3.63, 3.8) is 0 Å². The van der Waals surface area contributed by atoms with E-state index in [-0.39, 0.29) is 38.4 Å². The molecule has 6 nitrogen and oxygen atoms in total. The zero-order chi connectivity index (χ0) is 36.6. The molecule has 0 radical (unpaired) electrons. The number of esters is 2. The molecule has 0 spiro atoms. The maximum Gasteiger partial charge on any atom is 0.305 e. The van der Waals surface area contributed by atoms with E-state index < -0.39 is 0 Å². The third-order valence-electron chi connectivity index (χ3n) is 9.57. The van der Waals surface area contributed by atoms with Crippen LogP contribution in [-0.2, 0) is 19.1 Å². The number of aliphatic hydroxyl groups is 2. The summed E-state index contributed by atoms with van der Waals surface area (Å²) in [5.41, 5.74) is 0. The number of carbonyl (C=O) groups excluding carboxylic acids is 2. The largest absolute Gasteiger partial charge is 0.462 e. The van der Waals surface area contributed by atoms with Crippen molar-refractivity contribution < 1.29 is 29.3 Å². The predicted molar refractivity (Wildman–Crippen MR) is 218 cm³/mol. The first-order valence-corrected chi connectivity index (χ1v) is 23.4. The lowest BCUT2D eigenvalue weighted by Gasteiger charge is -2.16. The standard InChI is InChI=1S/C42H82O6S2/c1-3-5-7-9-15-21-27-39(49-37-33-43)29-23-17-11-13-19-25-31-41(45)47-35-36-48-42(46)32-26-20-14-12-18-24-30-40(50-38-34-44)28-22-16-10-8-6-4-2/h39-40,43-44H,3-38H2,1-2H3. The van der Waals surface area contributed by atoms with Crippen molar-refractivity contribution in [1.29, 1.82) is 0 Å². The normalized spacial score (nSPS) is 12.6. The number of rotatable bonds is 41. The van der Waals surface area contributed by atoms with Crippen LogP contribution in [-0.4, -0.2) is 70.6 Å². The van der Waals surface area contributed by atoms with E-state index in [2.05, 4.69) is 13.8 Å². The second-order valence-electron chi connectivity index (χ2n) is 14.3. The summed E-state index contributed by atoms with van der Waals surface area (Å²) in [6, 6.07) is 0. The van der Waals surface area contributed by atoms with Crippen molar-refractivity contribution >= 4 is 35.5 Å². The molecule has 50 heavy (non-hydrogen) atoms. The van der Waals surface area contributed by atoms with Crippen LogP contribution in [0.4, 0.5) is 0 Å². The molecule has 0 aliphatic carbocycles. The van der Waals surface area contributed by atoms with Crippen molar-refractivity contribution in [1.82, 2.24) is 0 Å². The smallest absolute Gasteiger partial charge is 0.305 e. The van der Waals surface area contributed by atoms with Crippen LogP contribution in [0.15, 0.2) is 0 Å². The summed E-state index contributed by atoms with van der Waals surface area (Å²) >= 11 is 3.90. The van der Waals surface area contributed by atoms with E-state index in [4.69, 9.17) is 9.47 Å². The highest BCUT2D eigenvalue weighted by Crippen LogP contribution is 2.25. The summed E-state index contributed by atoms with van der Waals surface area (Å²) in [7, 11) is 0. The first-order valence-electron chi connectivity index (χ1n) is 21.3. The first kappa shape index (κ1) is 49.6. The number of ether oxygens (including phenoxy) is 2. The van der Waals surface area contributed by atoms with Gasteiger partial charge in [0.2, 0.25) is 0 Å². The molecule has 0 aromatic heterocycles. The Kier molecular flexibility index (Phi) is 41.0. The van der Waals surface area contributed by atoms with Gasteiger partial charge in [-0.05, 0) is 38.5 Å². The van der Waals surface area contributed by atoms with Gasteiger partial charge in [-0.3, -0.25) is 9.59 Å². The van der Waals surface area contributed by atoms with Gasteiger partial charge in [-0.25, -0.2) is 0 Å². The van der Waals surface area contributed by atoms with Gasteiger partial charge in [-0.15, -0.1) is 0 Å². The summed E-state index contributed by atoms with van der Waals surface area (Å²) < 4.78 is 10.5. The van der Waals surface area contributed by atoms with Gasteiger partial charge in [0.15, 0.2) is 0 Å². The number of carbonyl (C=O) groups is 2. The minimum absolute atomic E-state index is 0.148. The molecule has 0 bridgehead atoms. The molecule has 298 valence electrons. The molecule has 0 aromatic carbocycles. The Labute approximate surface area is 318 Å². The molecule has 0 fully saturated rings. The maximum atomic E-state index is 12.0. The summed E-state index contributed by atoms with van der Waals surface area (Å²) in [6.45, 7) is 5.38. The zero-order valence-electron chi connectivity index (χ0n) is 33.0. The molecule has 0 saturated heterocycles. The third-order valence-corrected chi connectivity index (χ3v) is 12.3. The molecule has 2 atom stereocenters. The van der Waals surface area contributed by atoms with Crippen LogP contribution in [0.5, 0.6) is 0 Å². The van der Waals surface area contributed by atoms with E-state index in [1.807, 2.05) is 23.5 Å². The topological polar surface area (TPSA) is 93.1 Å². The van der Waals surface area contributed by atoms with E-state index in [9.17, 15) is 19.8 Å². The van der Waals surface area contributed by atoms with Gasteiger partial charge >= 0.3 is 11.9 Å². The number of aliphatic hydroxyl groups excluding tert-OH is 2. The van der Waals surface area contributed by atoms with Crippen molar-refractivity contribution in [3.8, 4) is 0 Å². The van der Waals surface area contributed by atoms with Crippen LogP contribution in [0.2, 0.25) is 0 Å². The molecular formula is C42H82O6S2. The second kappa shape index (κ2) is 41.3. The SMILES string of the molecule is CCCCCCCCC(CCCCCCCCC(=O)OCCOC(=O)CCCCCCCCC(CCCCCCCC)SCCO)SCCO. The number of hydrogen-bond donors (Lipinski definition) is 2. The van der Waals surface area contributed by atoms with Crippen molar-refractivity contribution in [2.45, 2.75) is 217 Å². The maximum absolute atomic E-state index is 12.0. The van der Waals surface area contributed by atoms with E-state index >= 15 is 0 Å². The quantitative estimate of drug-likeness (QED) is 0.0472. The highest BCUT2D eigenvalue weighted by atomic mass is 32.2. The summed E-state index contributed by atoms with van der Waals surface area (Å²) in [5, 5.41) is 19.8. The van der Waals surface area contributed by atoms with Gasteiger partial charge < -0.3 is 19.7 Å². The fraction of sp³-hybridized carbons (Fsp3) is 0.952. The molecule has 0 rings (SSSR count). The molecule has 0 saturated carbocycles. The molecule has 0 aromatic rings. The fourth-order valence-corrected chi connectivity index (χ4v) is 8.73. The van der Waals surface area contributed by atoms with Crippen molar-refractivity contribution in [3.05, 3.63) is 0 Å².